The highest BCUT2D eigenvalue weighted by molar-refractivity contribution is 6.51. The Morgan fingerprint density at radius 2 is 1.66 bits per heavy atom. The van der Waals surface area contributed by atoms with Crippen molar-refractivity contribution < 1.29 is 37.3 Å². The Kier molecular flexibility index (Phi) is 7.47. The normalized spacial score (nSPS) is 16.6. The molecule has 1 atom stereocenters. The number of aryl methyl sites for hydroxylation is 1. The molecule has 3 aromatic carbocycles. The van der Waals surface area contributed by atoms with Gasteiger partial charge in [0.15, 0.2) is 0 Å². The third kappa shape index (κ3) is 5.91. The molecule has 5 rings (SSSR count). The van der Waals surface area contributed by atoms with Gasteiger partial charge >= 0.3 is 6.36 Å². The first-order valence-electron chi connectivity index (χ1n) is 12.5. The SMILES string of the molecule is Cc1cc(/C(O)=C2/C(=O)C(=O)N(c3ccc(OC(F)(F)F)cc3)C2c2ccccn2)ccc1OCc1ccccc1. The van der Waals surface area contributed by atoms with Crippen LogP contribution in [0.4, 0.5) is 18.9 Å². The lowest BCUT2D eigenvalue weighted by molar-refractivity contribution is -0.274. The van der Waals surface area contributed by atoms with E-state index in [1.807, 2.05) is 30.3 Å². The van der Waals surface area contributed by atoms with Crippen LogP contribution in [-0.2, 0) is 16.2 Å². The number of Topliss-reactive ketones (excluding diaryl/α,β-unsaturated/α-hetero) is 1. The number of aliphatic hydroxyl groups excluding tert-OH is 1. The van der Waals surface area contributed by atoms with Gasteiger partial charge in [-0.15, -0.1) is 13.2 Å². The van der Waals surface area contributed by atoms with Crippen molar-refractivity contribution in [2.24, 2.45) is 0 Å². The lowest BCUT2D eigenvalue weighted by Gasteiger charge is -2.25. The number of hydrogen-bond donors (Lipinski definition) is 1. The molecule has 0 saturated carbocycles. The van der Waals surface area contributed by atoms with Crippen LogP contribution in [0, 0.1) is 6.92 Å². The summed E-state index contributed by atoms with van der Waals surface area (Å²) in [6.45, 7) is 2.13. The maximum atomic E-state index is 13.3. The quantitative estimate of drug-likeness (QED) is 0.158. The fraction of sp³-hybridized carbons (Fsp3) is 0.129. The largest absolute Gasteiger partial charge is 0.573 e. The predicted molar refractivity (Wildman–Crippen MR) is 144 cm³/mol. The van der Waals surface area contributed by atoms with Crippen LogP contribution in [0.25, 0.3) is 5.76 Å². The summed E-state index contributed by atoms with van der Waals surface area (Å²) >= 11 is 0. The Balaban J connectivity index is 1.51. The van der Waals surface area contributed by atoms with E-state index >= 15 is 0 Å². The number of amides is 1. The Bertz CT molecular complexity index is 1600. The second-order valence-corrected chi connectivity index (χ2v) is 9.22. The number of ether oxygens (including phenoxy) is 2. The average molecular weight is 561 g/mol. The molecule has 1 aliphatic rings. The first-order chi connectivity index (χ1) is 19.6. The van der Waals surface area contributed by atoms with E-state index in [1.54, 1.807) is 43.3 Å². The van der Waals surface area contributed by atoms with Gasteiger partial charge in [-0.05, 0) is 72.6 Å². The number of carbonyl (C=O) groups excluding carboxylic acids is 2. The van der Waals surface area contributed by atoms with Crippen molar-refractivity contribution in [1.82, 2.24) is 4.98 Å². The number of aliphatic hydroxyl groups is 1. The summed E-state index contributed by atoms with van der Waals surface area (Å²) in [6, 6.07) is 22.8. The number of rotatable bonds is 7. The van der Waals surface area contributed by atoms with Gasteiger partial charge in [0.1, 0.15) is 29.9 Å². The Labute approximate surface area is 233 Å². The van der Waals surface area contributed by atoms with E-state index in [9.17, 15) is 27.9 Å². The number of anilines is 1. The Morgan fingerprint density at radius 3 is 2.29 bits per heavy atom. The lowest BCUT2D eigenvalue weighted by Crippen LogP contribution is -2.29. The molecule has 1 aromatic heterocycles. The molecule has 1 fully saturated rings. The number of ketones is 1. The van der Waals surface area contributed by atoms with Crippen molar-refractivity contribution in [1.29, 1.82) is 0 Å². The van der Waals surface area contributed by atoms with Crippen LogP contribution in [-0.4, -0.2) is 28.1 Å². The first-order valence-corrected chi connectivity index (χ1v) is 12.5. The van der Waals surface area contributed by atoms with Gasteiger partial charge in [-0.25, -0.2) is 0 Å². The van der Waals surface area contributed by atoms with Gasteiger partial charge in [-0.3, -0.25) is 19.5 Å². The Morgan fingerprint density at radius 1 is 0.951 bits per heavy atom. The maximum Gasteiger partial charge on any atom is 0.573 e. The molecule has 0 aliphatic carbocycles. The highest BCUT2D eigenvalue weighted by Gasteiger charge is 2.47. The number of benzene rings is 3. The average Bonchev–Trinajstić information content (AvgIpc) is 3.22. The molecule has 4 aromatic rings. The monoisotopic (exact) mass is 560 g/mol. The minimum atomic E-state index is -4.89. The molecule has 0 bridgehead atoms. The summed E-state index contributed by atoms with van der Waals surface area (Å²) in [4.78, 5) is 32.0. The smallest absolute Gasteiger partial charge is 0.507 e. The van der Waals surface area contributed by atoms with E-state index in [2.05, 4.69) is 9.72 Å². The van der Waals surface area contributed by atoms with Gasteiger partial charge in [-0.1, -0.05) is 36.4 Å². The van der Waals surface area contributed by atoms with Crippen molar-refractivity contribution in [2.75, 3.05) is 4.90 Å². The predicted octanol–water partition coefficient (Wildman–Crippen LogP) is 6.49. The number of pyridine rings is 1. The number of halogens is 3. The number of hydrogen-bond acceptors (Lipinski definition) is 6. The zero-order valence-electron chi connectivity index (χ0n) is 21.6. The maximum absolute atomic E-state index is 13.3. The van der Waals surface area contributed by atoms with E-state index in [1.165, 1.54) is 18.3 Å². The second-order valence-electron chi connectivity index (χ2n) is 9.22. The molecule has 2 heterocycles. The van der Waals surface area contributed by atoms with Gasteiger partial charge in [0.2, 0.25) is 0 Å². The second kappa shape index (κ2) is 11.2. The van der Waals surface area contributed by atoms with Crippen LogP contribution in [0.15, 0.2) is 103 Å². The fourth-order valence-electron chi connectivity index (χ4n) is 4.57. The molecule has 1 aliphatic heterocycles. The van der Waals surface area contributed by atoms with Crippen molar-refractivity contribution >= 4 is 23.1 Å². The van der Waals surface area contributed by atoms with E-state index < -0.39 is 35.6 Å². The fourth-order valence-corrected chi connectivity index (χ4v) is 4.57. The highest BCUT2D eigenvalue weighted by Crippen LogP contribution is 2.42. The molecule has 1 saturated heterocycles. The summed E-state index contributed by atoms with van der Waals surface area (Å²) in [7, 11) is 0. The molecule has 208 valence electrons. The number of carbonyl (C=O) groups is 2. The molecular formula is C31H23F3N2O5. The molecule has 7 nitrogen and oxygen atoms in total. The molecule has 10 heteroatoms. The van der Waals surface area contributed by atoms with Gasteiger partial charge in [0.25, 0.3) is 11.7 Å². The summed E-state index contributed by atoms with van der Waals surface area (Å²) in [5, 5.41) is 11.4. The van der Waals surface area contributed by atoms with E-state index in [-0.39, 0.29) is 22.5 Å². The molecule has 1 unspecified atom stereocenters. The minimum Gasteiger partial charge on any atom is -0.507 e. The van der Waals surface area contributed by atoms with Crippen molar-refractivity contribution in [3.8, 4) is 11.5 Å². The van der Waals surface area contributed by atoms with Crippen molar-refractivity contribution in [3.05, 3.63) is 125 Å². The van der Waals surface area contributed by atoms with Crippen LogP contribution in [0.5, 0.6) is 11.5 Å². The third-order valence-corrected chi connectivity index (χ3v) is 6.45. The van der Waals surface area contributed by atoms with Gasteiger partial charge in [0, 0.05) is 17.4 Å². The summed E-state index contributed by atoms with van der Waals surface area (Å²) < 4.78 is 47.7. The zero-order chi connectivity index (χ0) is 29.1. The number of alkyl halides is 3. The molecule has 0 radical (unpaired) electrons. The standard InChI is InChI=1S/C31H23F3N2O5/c1-19-17-21(10-15-25(19)40-18-20-7-3-2-4-8-20)28(37)26-27(24-9-5-6-16-35-24)36(30(39)29(26)38)22-11-13-23(14-12-22)41-31(32,33)34/h2-17,27,37H,18H2,1H3/b28-26-. The van der Waals surface area contributed by atoms with Crippen molar-refractivity contribution in [2.45, 2.75) is 25.9 Å². The van der Waals surface area contributed by atoms with E-state index in [0.29, 0.717) is 17.9 Å². The number of aromatic nitrogens is 1. The van der Waals surface area contributed by atoms with Gasteiger partial charge in [-0.2, -0.15) is 0 Å². The zero-order valence-corrected chi connectivity index (χ0v) is 21.6. The van der Waals surface area contributed by atoms with Crippen molar-refractivity contribution in [3.63, 3.8) is 0 Å². The van der Waals surface area contributed by atoms with E-state index in [0.717, 1.165) is 22.6 Å². The minimum absolute atomic E-state index is 0.122. The topological polar surface area (TPSA) is 89.0 Å². The first kappa shape index (κ1) is 27.4. The molecule has 41 heavy (non-hydrogen) atoms. The summed E-state index contributed by atoms with van der Waals surface area (Å²) in [5.41, 5.74) is 2.14. The molecule has 1 N–H and O–H groups in total. The summed E-state index contributed by atoms with van der Waals surface area (Å²) in [6.07, 6.45) is -3.42. The van der Waals surface area contributed by atoms with Crippen LogP contribution in [0.1, 0.15) is 28.4 Å². The van der Waals surface area contributed by atoms with Crippen LogP contribution in [0.2, 0.25) is 0 Å². The summed E-state index contributed by atoms with van der Waals surface area (Å²) in [5.74, 6) is -2.26. The molecule has 1 amide bonds. The molecule has 0 spiro atoms. The highest BCUT2D eigenvalue weighted by atomic mass is 19.4. The third-order valence-electron chi connectivity index (χ3n) is 6.45. The van der Waals surface area contributed by atoms with E-state index in [4.69, 9.17) is 4.74 Å². The van der Waals surface area contributed by atoms with Gasteiger partial charge < -0.3 is 14.6 Å². The van der Waals surface area contributed by atoms with Crippen LogP contribution >= 0.6 is 0 Å². The van der Waals surface area contributed by atoms with Gasteiger partial charge in [0.05, 0.1) is 11.3 Å². The lowest BCUT2D eigenvalue weighted by atomic mass is 9.97. The molecular weight excluding hydrogens is 537 g/mol. The Hall–Kier alpha value is -5.12. The number of nitrogens with zero attached hydrogens (tertiary/aromatic N) is 2. The van der Waals surface area contributed by atoms with Crippen LogP contribution < -0.4 is 14.4 Å². The van der Waals surface area contributed by atoms with Crippen LogP contribution in [0.3, 0.4) is 0 Å².